The average molecular weight is 338 g/mol. The van der Waals surface area contributed by atoms with Crippen LogP contribution in [0.25, 0.3) is 0 Å². The summed E-state index contributed by atoms with van der Waals surface area (Å²) in [6.07, 6.45) is 0.185. The Bertz CT molecular complexity index is 559. The van der Waals surface area contributed by atoms with Gasteiger partial charge >= 0.3 is 5.97 Å². The normalized spacial score (nSPS) is 13.3. The van der Waals surface area contributed by atoms with Crippen molar-refractivity contribution >= 4 is 20.2 Å². The standard InChI is InChI=1S/C16H26N2O4Si/c1-16(2,17)15(21)18-13(14(19)20)10-11-6-8-12(9-7-11)22-23(3,4)5/h6-9,13H,10,17H2,1-5H3,(H,18,21)(H,19,20)/t13-/m0/s1. The molecule has 0 bridgehead atoms. The molecule has 0 fully saturated rings. The van der Waals surface area contributed by atoms with Crippen LogP contribution in [0.1, 0.15) is 19.4 Å². The van der Waals surface area contributed by atoms with Crippen molar-refractivity contribution < 1.29 is 19.1 Å². The SMILES string of the molecule is CC(C)(N)C(=O)N[C@@H](Cc1ccc(O[Si](C)(C)C)cc1)C(=O)O. The van der Waals surface area contributed by atoms with Gasteiger partial charge < -0.3 is 20.6 Å². The molecule has 0 aliphatic carbocycles. The van der Waals surface area contributed by atoms with E-state index >= 15 is 0 Å². The summed E-state index contributed by atoms with van der Waals surface area (Å²) in [7, 11) is -1.67. The monoisotopic (exact) mass is 338 g/mol. The van der Waals surface area contributed by atoms with Gasteiger partial charge in [0.2, 0.25) is 14.2 Å². The zero-order valence-electron chi connectivity index (χ0n) is 14.3. The minimum Gasteiger partial charge on any atom is -0.544 e. The van der Waals surface area contributed by atoms with E-state index in [1.807, 2.05) is 24.3 Å². The van der Waals surface area contributed by atoms with Gasteiger partial charge in [-0.05, 0) is 51.2 Å². The summed E-state index contributed by atoms with van der Waals surface area (Å²) in [6, 6.07) is 6.24. The van der Waals surface area contributed by atoms with E-state index < -0.39 is 31.8 Å². The van der Waals surface area contributed by atoms with Gasteiger partial charge in [0.25, 0.3) is 0 Å². The molecule has 0 heterocycles. The lowest BCUT2D eigenvalue weighted by molar-refractivity contribution is -0.142. The summed E-state index contributed by atoms with van der Waals surface area (Å²) in [4.78, 5) is 23.2. The Labute approximate surface area is 138 Å². The fourth-order valence-electron chi connectivity index (χ4n) is 1.83. The van der Waals surface area contributed by atoms with Crippen LogP contribution in [0.2, 0.25) is 19.6 Å². The van der Waals surface area contributed by atoms with Gasteiger partial charge in [0, 0.05) is 6.42 Å². The second kappa shape index (κ2) is 7.14. The van der Waals surface area contributed by atoms with Crippen molar-refractivity contribution in [2.45, 2.75) is 51.5 Å². The van der Waals surface area contributed by atoms with Crippen LogP contribution < -0.4 is 15.5 Å². The minimum absolute atomic E-state index is 0.185. The quantitative estimate of drug-likeness (QED) is 0.657. The first-order chi connectivity index (χ1) is 10.4. The molecule has 6 nitrogen and oxygen atoms in total. The molecule has 0 saturated heterocycles. The largest absolute Gasteiger partial charge is 0.544 e. The van der Waals surface area contributed by atoms with Crippen LogP contribution in [0.5, 0.6) is 5.75 Å². The second-order valence-electron chi connectivity index (χ2n) is 7.15. The molecule has 0 aromatic heterocycles. The third-order valence-electron chi connectivity index (χ3n) is 2.98. The number of benzene rings is 1. The molecule has 1 rings (SSSR count). The number of hydrogen-bond donors (Lipinski definition) is 3. The van der Waals surface area contributed by atoms with Crippen molar-refractivity contribution in [2.24, 2.45) is 5.73 Å². The maximum Gasteiger partial charge on any atom is 0.326 e. The lowest BCUT2D eigenvalue weighted by Crippen LogP contribution is -2.54. The summed E-state index contributed by atoms with van der Waals surface area (Å²) >= 11 is 0. The molecule has 7 heteroatoms. The van der Waals surface area contributed by atoms with Gasteiger partial charge in [0.05, 0.1) is 5.54 Å². The van der Waals surface area contributed by atoms with E-state index in [0.29, 0.717) is 0 Å². The molecule has 1 aromatic carbocycles. The van der Waals surface area contributed by atoms with Gasteiger partial charge in [-0.1, -0.05) is 12.1 Å². The van der Waals surface area contributed by atoms with Crippen molar-refractivity contribution in [2.75, 3.05) is 0 Å². The Morgan fingerprint density at radius 2 is 1.78 bits per heavy atom. The first-order valence-corrected chi connectivity index (χ1v) is 10.9. The summed E-state index contributed by atoms with van der Waals surface area (Å²) in [5, 5.41) is 11.8. The van der Waals surface area contributed by atoms with E-state index in [2.05, 4.69) is 25.0 Å². The number of carboxylic acids is 1. The van der Waals surface area contributed by atoms with Crippen molar-refractivity contribution in [3.63, 3.8) is 0 Å². The number of rotatable bonds is 7. The maximum atomic E-state index is 11.9. The van der Waals surface area contributed by atoms with Crippen LogP contribution in [-0.2, 0) is 16.0 Å². The topological polar surface area (TPSA) is 102 Å². The van der Waals surface area contributed by atoms with Crippen LogP contribution in [0.15, 0.2) is 24.3 Å². The van der Waals surface area contributed by atoms with Gasteiger partial charge in [-0.2, -0.15) is 0 Å². The Morgan fingerprint density at radius 3 is 2.17 bits per heavy atom. The predicted octanol–water partition coefficient (Wildman–Crippen LogP) is 1.75. The summed E-state index contributed by atoms with van der Waals surface area (Å²) in [5.74, 6) is -0.819. The fraction of sp³-hybridized carbons (Fsp3) is 0.500. The van der Waals surface area contributed by atoms with Crippen LogP contribution in [0, 0.1) is 0 Å². The second-order valence-corrected chi connectivity index (χ2v) is 11.6. The number of carboxylic acid groups (broad SMARTS) is 1. The van der Waals surface area contributed by atoms with Gasteiger partial charge in [-0.25, -0.2) is 4.79 Å². The van der Waals surface area contributed by atoms with Crippen molar-refractivity contribution in [3.05, 3.63) is 29.8 Å². The zero-order valence-corrected chi connectivity index (χ0v) is 15.3. The van der Waals surface area contributed by atoms with Crippen molar-refractivity contribution in [1.82, 2.24) is 5.32 Å². The third kappa shape index (κ3) is 6.83. The van der Waals surface area contributed by atoms with Crippen LogP contribution >= 0.6 is 0 Å². The summed E-state index contributed by atoms with van der Waals surface area (Å²) in [5.41, 5.74) is 5.36. The predicted molar refractivity (Wildman–Crippen MR) is 92.0 cm³/mol. The van der Waals surface area contributed by atoms with Gasteiger partial charge in [-0.15, -0.1) is 0 Å². The van der Waals surface area contributed by atoms with E-state index in [4.69, 9.17) is 10.2 Å². The first kappa shape index (κ1) is 19.2. The smallest absolute Gasteiger partial charge is 0.326 e. The molecule has 4 N–H and O–H groups in total. The number of nitrogens with two attached hydrogens (primary N) is 1. The molecule has 23 heavy (non-hydrogen) atoms. The van der Waals surface area contributed by atoms with Crippen molar-refractivity contribution in [3.8, 4) is 5.75 Å². The lowest BCUT2D eigenvalue weighted by atomic mass is 10.0. The minimum atomic E-state index is -1.67. The van der Waals surface area contributed by atoms with E-state index in [1.165, 1.54) is 13.8 Å². The highest BCUT2D eigenvalue weighted by Gasteiger charge is 2.28. The number of amides is 1. The van der Waals surface area contributed by atoms with E-state index in [0.717, 1.165) is 11.3 Å². The zero-order chi connectivity index (χ0) is 17.8. The molecule has 1 atom stereocenters. The Hall–Kier alpha value is -1.86. The summed E-state index contributed by atoms with van der Waals surface area (Å²) in [6.45, 7) is 9.33. The summed E-state index contributed by atoms with van der Waals surface area (Å²) < 4.78 is 5.85. The van der Waals surface area contributed by atoms with Gasteiger partial charge in [-0.3, -0.25) is 4.79 Å². The van der Waals surface area contributed by atoms with Crippen LogP contribution in [0.3, 0.4) is 0 Å². The molecule has 0 unspecified atom stereocenters. The van der Waals surface area contributed by atoms with Crippen LogP contribution in [-0.4, -0.2) is 36.9 Å². The highest BCUT2D eigenvalue weighted by Crippen LogP contribution is 2.17. The first-order valence-electron chi connectivity index (χ1n) is 7.49. The molecular weight excluding hydrogens is 312 g/mol. The van der Waals surface area contributed by atoms with E-state index in [1.54, 1.807) is 0 Å². The lowest BCUT2D eigenvalue weighted by Gasteiger charge is -2.22. The number of hydrogen-bond acceptors (Lipinski definition) is 4. The van der Waals surface area contributed by atoms with E-state index in [9.17, 15) is 14.7 Å². The molecular formula is C16H26N2O4Si. The molecule has 1 amide bonds. The number of carbonyl (C=O) groups is 2. The maximum absolute atomic E-state index is 11.9. The fourth-order valence-corrected chi connectivity index (χ4v) is 2.67. The van der Waals surface area contributed by atoms with Crippen molar-refractivity contribution in [1.29, 1.82) is 0 Å². The average Bonchev–Trinajstić information content (AvgIpc) is 2.37. The Morgan fingerprint density at radius 1 is 1.26 bits per heavy atom. The van der Waals surface area contributed by atoms with Gasteiger partial charge in [0.1, 0.15) is 11.8 Å². The molecule has 0 aliphatic rings. The Kier molecular flexibility index (Phi) is 5.96. The highest BCUT2D eigenvalue weighted by atomic mass is 28.4. The molecule has 1 aromatic rings. The molecule has 0 radical (unpaired) electrons. The number of carbonyl (C=O) groups excluding carboxylic acids is 1. The molecule has 0 saturated carbocycles. The van der Waals surface area contributed by atoms with Gasteiger partial charge in [0.15, 0.2) is 0 Å². The molecule has 0 spiro atoms. The molecule has 0 aliphatic heterocycles. The Balaban J connectivity index is 2.78. The molecule has 128 valence electrons. The number of aliphatic carboxylic acids is 1. The number of nitrogens with one attached hydrogen (secondary N) is 1. The third-order valence-corrected chi connectivity index (χ3v) is 3.82. The van der Waals surface area contributed by atoms with E-state index in [-0.39, 0.29) is 6.42 Å². The van der Waals surface area contributed by atoms with Crippen LogP contribution in [0.4, 0.5) is 0 Å². The highest BCUT2D eigenvalue weighted by molar-refractivity contribution is 6.70.